The second-order valence-electron chi connectivity index (χ2n) is 7.16. The molecule has 0 amide bonds. The Hall–Kier alpha value is -0.720. The first-order chi connectivity index (χ1) is 11.2. The quantitative estimate of drug-likeness (QED) is 0.750. The number of piperazine rings is 1. The largest absolute Gasteiger partial charge is 0.360 e. The van der Waals surface area contributed by atoms with Gasteiger partial charge in [-0.15, -0.1) is 0 Å². The summed E-state index contributed by atoms with van der Waals surface area (Å²) >= 11 is 5.59. The highest BCUT2D eigenvalue weighted by molar-refractivity contribution is 7.80. The van der Waals surface area contributed by atoms with E-state index < -0.39 is 0 Å². The third kappa shape index (κ3) is 4.88. The second kappa shape index (κ2) is 8.40. The average Bonchev–Trinajstić information content (AvgIpc) is 3.11. The smallest absolute Gasteiger partial charge is 0.169 e. The molecule has 0 bridgehead atoms. The molecule has 2 saturated heterocycles. The van der Waals surface area contributed by atoms with E-state index in [1.165, 1.54) is 32.1 Å². The molecule has 2 aliphatic heterocycles. The Morgan fingerprint density at radius 3 is 2.43 bits per heavy atom. The van der Waals surface area contributed by atoms with Gasteiger partial charge in [-0.05, 0) is 44.4 Å². The molecule has 0 aromatic carbocycles. The molecule has 23 heavy (non-hydrogen) atoms. The lowest BCUT2D eigenvalue weighted by Gasteiger charge is -2.37. The van der Waals surface area contributed by atoms with Gasteiger partial charge in [-0.2, -0.15) is 0 Å². The first-order valence-corrected chi connectivity index (χ1v) is 9.67. The summed E-state index contributed by atoms with van der Waals surface area (Å²) in [6.45, 7) is 5.32. The number of thiocarbonyl (C=S) groups is 1. The fourth-order valence-electron chi connectivity index (χ4n) is 3.91. The summed E-state index contributed by atoms with van der Waals surface area (Å²) in [4.78, 5) is 16.8. The maximum Gasteiger partial charge on any atom is 0.169 e. The van der Waals surface area contributed by atoms with Gasteiger partial charge in [0.05, 0.1) is 12.6 Å². The van der Waals surface area contributed by atoms with E-state index in [9.17, 15) is 4.79 Å². The van der Waals surface area contributed by atoms with E-state index in [4.69, 9.17) is 12.2 Å². The number of nitrogens with one attached hydrogen (secondary N) is 2. The standard InChI is InChI=1S/C17H30N4OS/c22-16(15-7-4-8-18-15)13-20-9-11-21(12-10-20)17(23)19-14-5-2-1-3-6-14/h14-15,18H,1-13H2,(H,19,23)/t15-/m0/s1. The summed E-state index contributed by atoms with van der Waals surface area (Å²) in [5.74, 6) is 0.360. The molecule has 2 heterocycles. The number of Topliss-reactive ketones (excluding diaryl/α,β-unsaturated/α-hetero) is 1. The third-order valence-corrected chi connectivity index (χ3v) is 5.80. The number of hydrogen-bond acceptors (Lipinski definition) is 4. The predicted octanol–water partition coefficient (Wildman–Crippen LogP) is 1.13. The van der Waals surface area contributed by atoms with E-state index in [0.29, 0.717) is 18.4 Å². The molecule has 0 aromatic rings. The summed E-state index contributed by atoms with van der Waals surface area (Å²) in [5, 5.41) is 7.77. The Morgan fingerprint density at radius 2 is 1.78 bits per heavy atom. The molecule has 1 atom stereocenters. The number of nitrogens with zero attached hydrogens (tertiary/aromatic N) is 2. The Kier molecular flexibility index (Phi) is 6.25. The Labute approximate surface area is 145 Å². The summed E-state index contributed by atoms with van der Waals surface area (Å²) in [6.07, 6.45) is 8.66. The van der Waals surface area contributed by atoms with Gasteiger partial charge in [-0.3, -0.25) is 9.69 Å². The van der Waals surface area contributed by atoms with Crippen LogP contribution in [-0.2, 0) is 4.79 Å². The Balaban J connectivity index is 1.37. The number of rotatable bonds is 4. The zero-order chi connectivity index (χ0) is 16.1. The fraction of sp³-hybridized carbons (Fsp3) is 0.882. The van der Waals surface area contributed by atoms with Crippen LogP contribution in [0.5, 0.6) is 0 Å². The molecule has 5 nitrogen and oxygen atoms in total. The van der Waals surface area contributed by atoms with E-state index in [2.05, 4.69) is 20.4 Å². The van der Waals surface area contributed by atoms with Gasteiger partial charge in [0.1, 0.15) is 0 Å². The normalized spacial score (nSPS) is 27.1. The molecule has 3 rings (SSSR count). The van der Waals surface area contributed by atoms with Crippen molar-refractivity contribution in [2.45, 2.75) is 57.0 Å². The van der Waals surface area contributed by atoms with Gasteiger partial charge in [0, 0.05) is 32.2 Å². The molecule has 3 fully saturated rings. The number of ketones is 1. The molecule has 0 unspecified atom stereocenters. The van der Waals surface area contributed by atoms with E-state index >= 15 is 0 Å². The lowest BCUT2D eigenvalue weighted by molar-refractivity contribution is -0.122. The molecular weight excluding hydrogens is 308 g/mol. The highest BCUT2D eigenvalue weighted by atomic mass is 32.1. The van der Waals surface area contributed by atoms with Crippen molar-refractivity contribution in [3.63, 3.8) is 0 Å². The van der Waals surface area contributed by atoms with Crippen LogP contribution < -0.4 is 10.6 Å². The van der Waals surface area contributed by atoms with Gasteiger partial charge in [0.25, 0.3) is 0 Å². The summed E-state index contributed by atoms with van der Waals surface area (Å²) in [7, 11) is 0. The third-order valence-electron chi connectivity index (χ3n) is 5.42. The highest BCUT2D eigenvalue weighted by Crippen LogP contribution is 2.18. The van der Waals surface area contributed by atoms with Crippen molar-refractivity contribution in [2.75, 3.05) is 39.3 Å². The minimum absolute atomic E-state index is 0.0991. The van der Waals surface area contributed by atoms with Gasteiger partial charge in [-0.25, -0.2) is 0 Å². The summed E-state index contributed by atoms with van der Waals surface area (Å²) in [6, 6.07) is 0.673. The zero-order valence-electron chi connectivity index (χ0n) is 14.1. The van der Waals surface area contributed by atoms with Crippen molar-refractivity contribution >= 4 is 23.1 Å². The topological polar surface area (TPSA) is 47.6 Å². The maximum atomic E-state index is 12.2. The highest BCUT2D eigenvalue weighted by Gasteiger charge is 2.26. The lowest BCUT2D eigenvalue weighted by atomic mass is 9.96. The minimum atomic E-state index is 0.0991. The summed E-state index contributed by atoms with van der Waals surface area (Å²) in [5.41, 5.74) is 0. The number of carbonyl (C=O) groups excluding carboxylic acids is 1. The van der Waals surface area contributed by atoms with E-state index in [1.807, 2.05) is 0 Å². The van der Waals surface area contributed by atoms with Crippen LogP contribution in [0.4, 0.5) is 0 Å². The van der Waals surface area contributed by atoms with Gasteiger partial charge in [0.15, 0.2) is 10.9 Å². The van der Waals surface area contributed by atoms with Crippen LogP contribution in [0, 0.1) is 0 Å². The van der Waals surface area contributed by atoms with Gasteiger partial charge in [0.2, 0.25) is 0 Å². The monoisotopic (exact) mass is 338 g/mol. The lowest BCUT2D eigenvalue weighted by Crippen LogP contribution is -2.54. The second-order valence-corrected chi connectivity index (χ2v) is 7.55. The van der Waals surface area contributed by atoms with Crippen LogP contribution in [0.1, 0.15) is 44.9 Å². The number of carbonyl (C=O) groups is 1. The van der Waals surface area contributed by atoms with Crippen molar-refractivity contribution in [1.82, 2.24) is 20.4 Å². The first-order valence-electron chi connectivity index (χ1n) is 9.26. The van der Waals surface area contributed by atoms with Crippen molar-refractivity contribution in [3.8, 4) is 0 Å². The SMILES string of the molecule is O=C(CN1CCN(C(=S)NC2CCCCC2)CC1)[C@@H]1CCCN1. The van der Waals surface area contributed by atoms with E-state index in [0.717, 1.165) is 50.7 Å². The molecule has 1 saturated carbocycles. The molecular formula is C17H30N4OS. The molecule has 0 radical (unpaired) electrons. The molecule has 0 aromatic heterocycles. The van der Waals surface area contributed by atoms with Crippen LogP contribution in [-0.4, -0.2) is 72.0 Å². The fourth-order valence-corrected chi connectivity index (χ4v) is 4.26. The Bertz CT molecular complexity index is 411. The van der Waals surface area contributed by atoms with E-state index in [-0.39, 0.29) is 6.04 Å². The molecule has 2 N–H and O–H groups in total. The predicted molar refractivity (Wildman–Crippen MR) is 96.7 cm³/mol. The van der Waals surface area contributed by atoms with E-state index in [1.54, 1.807) is 0 Å². The number of hydrogen-bond donors (Lipinski definition) is 2. The average molecular weight is 339 g/mol. The van der Waals surface area contributed by atoms with Gasteiger partial charge < -0.3 is 15.5 Å². The van der Waals surface area contributed by atoms with Gasteiger partial charge in [-0.1, -0.05) is 19.3 Å². The maximum absolute atomic E-state index is 12.2. The Morgan fingerprint density at radius 1 is 1.04 bits per heavy atom. The summed E-state index contributed by atoms with van der Waals surface area (Å²) < 4.78 is 0. The molecule has 1 aliphatic carbocycles. The van der Waals surface area contributed by atoms with Crippen molar-refractivity contribution in [1.29, 1.82) is 0 Å². The van der Waals surface area contributed by atoms with Crippen LogP contribution in [0.25, 0.3) is 0 Å². The van der Waals surface area contributed by atoms with Crippen molar-refractivity contribution in [2.24, 2.45) is 0 Å². The molecule has 3 aliphatic rings. The zero-order valence-corrected chi connectivity index (χ0v) is 14.9. The molecule has 6 heteroatoms. The minimum Gasteiger partial charge on any atom is -0.360 e. The van der Waals surface area contributed by atoms with Crippen LogP contribution >= 0.6 is 12.2 Å². The first kappa shape index (κ1) is 17.1. The van der Waals surface area contributed by atoms with Crippen molar-refractivity contribution in [3.05, 3.63) is 0 Å². The van der Waals surface area contributed by atoms with Crippen LogP contribution in [0.3, 0.4) is 0 Å². The van der Waals surface area contributed by atoms with Crippen LogP contribution in [0.2, 0.25) is 0 Å². The van der Waals surface area contributed by atoms with Gasteiger partial charge >= 0.3 is 0 Å². The molecule has 0 spiro atoms. The van der Waals surface area contributed by atoms with Crippen LogP contribution in [0.15, 0.2) is 0 Å². The molecule has 130 valence electrons. The van der Waals surface area contributed by atoms with Crippen molar-refractivity contribution < 1.29 is 4.79 Å².